The third kappa shape index (κ3) is 4.76. The summed E-state index contributed by atoms with van der Waals surface area (Å²) < 4.78 is 52.4. The normalized spacial score (nSPS) is 22.9. The fourth-order valence-corrected chi connectivity index (χ4v) is 8.69. The van der Waals surface area contributed by atoms with E-state index in [4.69, 9.17) is 0 Å². The molecular weight excluding hydrogens is 426 g/mol. The summed E-state index contributed by atoms with van der Waals surface area (Å²) in [5.74, 6) is 0.467. The molecule has 2 fully saturated rings. The lowest BCUT2D eigenvalue weighted by Gasteiger charge is -2.27. The molecule has 1 atom stereocenters. The molecule has 0 amide bonds. The van der Waals surface area contributed by atoms with Crippen molar-refractivity contribution in [3.63, 3.8) is 0 Å². The first-order valence-electron chi connectivity index (χ1n) is 10.2. The molecule has 29 heavy (non-hydrogen) atoms. The molecule has 1 saturated heterocycles. The maximum absolute atomic E-state index is 13.5. The molecule has 1 aromatic heterocycles. The van der Waals surface area contributed by atoms with Crippen LogP contribution in [-0.2, 0) is 26.4 Å². The van der Waals surface area contributed by atoms with E-state index in [0.29, 0.717) is 12.3 Å². The van der Waals surface area contributed by atoms with Crippen LogP contribution < -0.4 is 0 Å². The molecule has 158 valence electrons. The second kappa shape index (κ2) is 8.49. The summed E-state index contributed by atoms with van der Waals surface area (Å²) in [5.41, 5.74) is 1.21. The summed E-state index contributed by atoms with van der Waals surface area (Å²) in [6.45, 7) is 0.213. The van der Waals surface area contributed by atoms with Gasteiger partial charge in [0.2, 0.25) is 10.0 Å². The third-order valence-corrected chi connectivity index (χ3v) is 10.6. The lowest BCUT2D eigenvalue weighted by Crippen LogP contribution is -2.40. The zero-order valence-corrected chi connectivity index (χ0v) is 18.8. The van der Waals surface area contributed by atoms with Gasteiger partial charge in [0.25, 0.3) is 0 Å². The largest absolute Gasteiger partial charge is 0.243 e. The van der Waals surface area contributed by atoms with Crippen molar-refractivity contribution < 1.29 is 16.8 Å². The van der Waals surface area contributed by atoms with Gasteiger partial charge in [0, 0.05) is 17.5 Å². The van der Waals surface area contributed by atoms with Gasteiger partial charge in [0.15, 0.2) is 9.84 Å². The van der Waals surface area contributed by atoms with Gasteiger partial charge in [-0.3, -0.25) is 0 Å². The second-order valence-electron chi connectivity index (χ2n) is 8.09. The van der Waals surface area contributed by atoms with Gasteiger partial charge in [-0.25, -0.2) is 16.8 Å². The van der Waals surface area contributed by atoms with Gasteiger partial charge in [-0.1, -0.05) is 37.5 Å². The highest BCUT2D eigenvalue weighted by molar-refractivity contribution is 7.92. The molecule has 0 unspecified atom stereocenters. The Morgan fingerprint density at radius 3 is 2.31 bits per heavy atom. The fraction of sp³-hybridized carbons (Fsp3) is 0.524. The van der Waals surface area contributed by atoms with E-state index in [9.17, 15) is 16.8 Å². The highest BCUT2D eigenvalue weighted by Gasteiger charge is 2.39. The lowest BCUT2D eigenvalue weighted by atomic mass is 9.84. The van der Waals surface area contributed by atoms with Gasteiger partial charge < -0.3 is 0 Å². The molecule has 0 radical (unpaired) electrons. The first-order chi connectivity index (χ1) is 13.9. The summed E-state index contributed by atoms with van der Waals surface area (Å²) in [6, 6.07) is 10.5. The Balaban J connectivity index is 1.61. The Kier molecular flexibility index (Phi) is 6.16. The number of hydrogen-bond acceptors (Lipinski definition) is 5. The smallest absolute Gasteiger partial charge is 0.229 e. The number of rotatable bonds is 6. The molecule has 0 bridgehead atoms. The number of sulfonamides is 1. The Bertz CT molecular complexity index is 1020. The minimum absolute atomic E-state index is 0.0503. The average molecular weight is 454 g/mol. The van der Waals surface area contributed by atoms with E-state index in [-0.39, 0.29) is 22.9 Å². The molecular formula is C21H27NO4S3. The molecule has 2 aliphatic rings. The monoisotopic (exact) mass is 453 g/mol. The number of hydrogen-bond donors (Lipinski definition) is 0. The zero-order chi connectivity index (χ0) is 20.5. The molecule has 1 aliphatic carbocycles. The Labute approximate surface area is 177 Å². The Morgan fingerprint density at radius 1 is 1.00 bits per heavy atom. The number of nitrogens with zero attached hydrogens (tertiary/aromatic N) is 1. The van der Waals surface area contributed by atoms with Crippen molar-refractivity contribution in [2.45, 2.75) is 61.9 Å². The molecule has 0 spiro atoms. The zero-order valence-electron chi connectivity index (χ0n) is 16.4. The van der Waals surface area contributed by atoms with Crippen LogP contribution in [0.1, 0.15) is 54.9 Å². The van der Waals surface area contributed by atoms with Crippen LogP contribution >= 0.6 is 11.3 Å². The van der Waals surface area contributed by atoms with Crippen LogP contribution in [0.25, 0.3) is 0 Å². The molecule has 8 heteroatoms. The van der Waals surface area contributed by atoms with Crippen LogP contribution in [0.3, 0.4) is 0 Å². The van der Waals surface area contributed by atoms with E-state index >= 15 is 0 Å². The molecule has 2 aromatic rings. The van der Waals surface area contributed by atoms with Gasteiger partial charge in [0.1, 0.15) is 0 Å². The summed E-state index contributed by atoms with van der Waals surface area (Å²) in [4.78, 5) is 1.16. The molecule has 5 nitrogen and oxygen atoms in total. The first-order valence-corrected chi connectivity index (χ1v) is 14.3. The summed E-state index contributed by atoms with van der Waals surface area (Å²) in [7, 11) is -6.97. The van der Waals surface area contributed by atoms with Crippen molar-refractivity contribution in [2.24, 2.45) is 0 Å². The minimum atomic E-state index is -3.78. The van der Waals surface area contributed by atoms with Crippen LogP contribution in [0.4, 0.5) is 0 Å². The van der Waals surface area contributed by atoms with Crippen molar-refractivity contribution in [1.29, 1.82) is 0 Å². The van der Waals surface area contributed by atoms with Gasteiger partial charge in [0.05, 0.1) is 16.4 Å². The Morgan fingerprint density at radius 2 is 1.72 bits per heavy atom. The van der Waals surface area contributed by atoms with Crippen molar-refractivity contribution in [3.8, 4) is 0 Å². The van der Waals surface area contributed by atoms with Crippen molar-refractivity contribution in [3.05, 3.63) is 52.2 Å². The predicted octanol–water partition coefficient (Wildman–Crippen LogP) is 4.17. The van der Waals surface area contributed by atoms with E-state index in [2.05, 4.69) is 0 Å². The van der Waals surface area contributed by atoms with Crippen LogP contribution in [0.2, 0.25) is 0 Å². The van der Waals surface area contributed by atoms with Crippen molar-refractivity contribution in [2.75, 3.05) is 11.5 Å². The van der Waals surface area contributed by atoms with Gasteiger partial charge in [-0.15, -0.1) is 11.3 Å². The fourth-order valence-electron chi connectivity index (χ4n) is 4.45. The van der Waals surface area contributed by atoms with Gasteiger partial charge in [-0.2, -0.15) is 4.31 Å². The molecule has 2 heterocycles. The van der Waals surface area contributed by atoms with E-state index in [0.717, 1.165) is 17.7 Å². The molecule has 1 saturated carbocycles. The molecule has 1 aromatic carbocycles. The van der Waals surface area contributed by atoms with Gasteiger partial charge >= 0.3 is 0 Å². The van der Waals surface area contributed by atoms with Crippen LogP contribution in [-0.4, -0.2) is 38.7 Å². The summed E-state index contributed by atoms with van der Waals surface area (Å²) in [6.07, 6.45) is 6.43. The number of sulfone groups is 1. The molecule has 0 N–H and O–H groups in total. The van der Waals surface area contributed by atoms with Crippen LogP contribution in [0, 0.1) is 0 Å². The topological polar surface area (TPSA) is 71.5 Å². The maximum atomic E-state index is 13.5. The number of thiophene rings is 1. The lowest BCUT2D eigenvalue weighted by molar-refractivity contribution is 0.336. The van der Waals surface area contributed by atoms with Crippen molar-refractivity contribution >= 4 is 31.2 Å². The maximum Gasteiger partial charge on any atom is 0.243 e. The quantitative estimate of drug-likeness (QED) is 0.658. The second-order valence-corrected chi connectivity index (χ2v) is 13.2. The Hall–Kier alpha value is -1.22. The van der Waals surface area contributed by atoms with Gasteiger partial charge in [-0.05, 0) is 54.3 Å². The summed E-state index contributed by atoms with van der Waals surface area (Å²) in [5, 5.41) is 1.91. The predicted molar refractivity (Wildman–Crippen MR) is 116 cm³/mol. The van der Waals surface area contributed by atoms with Crippen LogP contribution in [0.15, 0.2) is 46.7 Å². The van der Waals surface area contributed by atoms with Crippen LogP contribution in [0.5, 0.6) is 0 Å². The van der Waals surface area contributed by atoms with E-state index in [1.807, 2.05) is 29.6 Å². The standard InChI is InChI=1S/C21H27NO4S3/c23-28(24)14-12-19(16-28)22(15-20-7-4-13-27-20)29(25,26)21-10-8-18(9-11-21)17-5-2-1-3-6-17/h4,7-11,13,17,19H,1-3,5-6,12,14-16H2/t19-/m1/s1. The van der Waals surface area contributed by atoms with E-state index < -0.39 is 25.9 Å². The molecule has 1 aliphatic heterocycles. The SMILES string of the molecule is O=S1(=O)CC[C@@H](N(Cc2cccs2)S(=O)(=O)c2ccc(C3CCCCC3)cc2)C1. The summed E-state index contributed by atoms with van der Waals surface area (Å²) >= 11 is 1.49. The first kappa shape index (κ1) is 21.0. The minimum Gasteiger partial charge on any atom is -0.229 e. The van der Waals surface area contributed by atoms with E-state index in [1.165, 1.54) is 40.5 Å². The number of benzene rings is 1. The highest BCUT2D eigenvalue weighted by Crippen LogP contribution is 2.34. The molecule has 4 rings (SSSR count). The van der Waals surface area contributed by atoms with Crippen molar-refractivity contribution in [1.82, 2.24) is 4.31 Å². The highest BCUT2D eigenvalue weighted by atomic mass is 32.2. The third-order valence-electron chi connectivity index (χ3n) is 6.07. The average Bonchev–Trinajstić information content (AvgIpc) is 3.36. The van der Waals surface area contributed by atoms with E-state index in [1.54, 1.807) is 12.1 Å².